The summed E-state index contributed by atoms with van der Waals surface area (Å²) in [6.07, 6.45) is -0.590. The van der Waals surface area contributed by atoms with E-state index in [9.17, 15) is 14.4 Å². The summed E-state index contributed by atoms with van der Waals surface area (Å²) in [6, 6.07) is 16.8. The summed E-state index contributed by atoms with van der Waals surface area (Å²) in [7, 11) is 3.94. The molecule has 39 heavy (non-hydrogen) atoms. The minimum absolute atomic E-state index is 0.148. The summed E-state index contributed by atoms with van der Waals surface area (Å²) in [6.45, 7) is 7.48. The van der Waals surface area contributed by atoms with E-state index in [-0.39, 0.29) is 11.9 Å². The lowest BCUT2D eigenvalue weighted by atomic mass is 10.1. The molecule has 0 aliphatic heterocycles. The largest absolute Gasteiger partial charge is 0.444 e. The fourth-order valence-electron chi connectivity index (χ4n) is 3.54. The molecule has 0 aliphatic carbocycles. The smallest absolute Gasteiger partial charge is 0.412 e. The van der Waals surface area contributed by atoms with Crippen LogP contribution in [0.1, 0.15) is 42.3 Å². The van der Waals surface area contributed by atoms with Crippen molar-refractivity contribution in [3.63, 3.8) is 0 Å². The highest BCUT2D eigenvalue weighted by molar-refractivity contribution is 7.09. The monoisotopic (exact) mass is 551 g/mol. The number of hydrogen-bond donors (Lipinski definition) is 3. The summed E-state index contributed by atoms with van der Waals surface area (Å²) < 4.78 is 5.29. The van der Waals surface area contributed by atoms with Crippen molar-refractivity contribution in [2.75, 3.05) is 37.8 Å². The second-order valence-corrected chi connectivity index (χ2v) is 11.1. The lowest BCUT2D eigenvalue weighted by Crippen LogP contribution is -2.42. The molecule has 0 fully saturated rings. The van der Waals surface area contributed by atoms with E-state index in [0.717, 1.165) is 17.7 Å². The molecule has 208 valence electrons. The van der Waals surface area contributed by atoms with E-state index in [0.29, 0.717) is 36.6 Å². The van der Waals surface area contributed by atoms with E-state index < -0.39 is 11.7 Å². The van der Waals surface area contributed by atoms with Crippen LogP contribution in [0.25, 0.3) is 0 Å². The van der Waals surface area contributed by atoms with E-state index in [4.69, 9.17) is 4.74 Å². The molecule has 3 rings (SSSR count). The topological polar surface area (TPSA) is 103 Å². The number of nitrogens with zero attached hydrogens (tertiary/aromatic N) is 2. The standard InChI is InChI=1S/C29H37N5O4S/c1-29(2,3)38-28(37)32-25-20-39-19-24(25)31-26(35)23-13-11-22(12-14-23)18-34(16-15-33(4)5)27(36)30-17-21-9-7-6-8-10-21/h6-14,19-20H,15-18H2,1-5H3,(H,30,36)(H,31,35)(H,32,37). The van der Waals surface area contributed by atoms with Crippen molar-refractivity contribution in [2.45, 2.75) is 39.5 Å². The molecule has 2 aromatic carbocycles. The Bertz CT molecular complexity index is 1240. The quantitative estimate of drug-likeness (QED) is 0.303. The number of amides is 4. The van der Waals surface area contributed by atoms with Gasteiger partial charge in [0.15, 0.2) is 0 Å². The zero-order valence-corrected chi connectivity index (χ0v) is 23.9. The number of carbonyl (C=O) groups is 3. The Kier molecular flexibility index (Phi) is 10.5. The first-order valence-electron chi connectivity index (χ1n) is 12.7. The van der Waals surface area contributed by atoms with Gasteiger partial charge in [-0.25, -0.2) is 9.59 Å². The molecule has 0 aliphatic rings. The van der Waals surface area contributed by atoms with Gasteiger partial charge in [0, 0.05) is 42.5 Å². The van der Waals surface area contributed by atoms with Gasteiger partial charge in [0.05, 0.1) is 11.4 Å². The molecule has 0 saturated heterocycles. The SMILES string of the molecule is CN(C)CCN(Cc1ccc(C(=O)Nc2cscc2NC(=O)OC(C)(C)C)cc1)C(=O)NCc1ccccc1. The highest BCUT2D eigenvalue weighted by Crippen LogP contribution is 2.27. The molecule has 10 heteroatoms. The Morgan fingerprint density at radius 2 is 1.49 bits per heavy atom. The van der Waals surface area contributed by atoms with Crippen LogP contribution in [0.4, 0.5) is 21.0 Å². The lowest BCUT2D eigenvalue weighted by molar-refractivity contribution is 0.0635. The maximum atomic E-state index is 13.0. The van der Waals surface area contributed by atoms with Gasteiger partial charge in [-0.2, -0.15) is 0 Å². The van der Waals surface area contributed by atoms with Crippen molar-refractivity contribution in [1.82, 2.24) is 15.1 Å². The summed E-state index contributed by atoms with van der Waals surface area (Å²) >= 11 is 1.35. The van der Waals surface area contributed by atoms with Crippen LogP contribution in [-0.4, -0.2) is 60.6 Å². The molecule has 4 amide bonds. The van der Waals surface area contributed by atoms with Crippen LogP contribution in [0.3, 0.4) is 0 Å². The molecule has 1 aromatic heterocycles. The zero-order chi connectivity index (χ0) is 28.4. The minimum Gasteiger partial charge on any atom is -0.444 e. The summed E-state index contributed by atoms with van der Waals surface area (Å²) in [5.74, 6) is -0.308. The van der Waals surface area contributed by atoms with Crippen molar-refractivity contribution in [2.24, 2.45) is 0 Å². The van der Waals surface area contributed by atoms with Gasteiger partial charge >= 0.3 is 12.1 Å². The fraction of sp³-hybridized carbons (Fsp3) is 0.345. The molecule has 9 nitrogen and oxygen atoms in total. The minimum atomic E-state index is -0.629. The molecule has 3 aromatic rings. The van der Waals surface area contributed by atoms with Crippen LogP contribution < -0.4 is 16.0 Å². The summed E-state index contributed by atoms with van der Waals surface area (Å²) in [5.41, 5.74) is 2.73. The van der Waals surface area contributed by atoms with Crippen LogP contribution in [0.5, 0.6) is 0 Å². The Hall–Kier alpha value is -3.89. The maximum Gasteiger partial charge on any atom is 0.412 e. The predicted molar refractivity (Wildman–Crippen MR) is 156 cm³/mol. The number of hydrogen-bond acceptors (Lipinski definition) is 6. The van der Waals surface area contributed by atoms with Crippen molar-refractivity contribution in [3.8, 4) is 0 Å². The van der Waals surface area contributed by atoms with Gasteiger partial charge in [-0.15, -0.1) is 11.3 Å². The number of thiophene rings is 1. The third-order valence-electron chi connectivity index (χ3n) is 5.53. The van der Waals surface area contributed by atoms with E-state index in [1.165, 1.54) is 11.3 Å². The molecular weight excluding hydrogens is 514 g/mol. The molecular formula is C29H37N5O4S. The van der Waals surface area contributed by atoms with Gasteiger partial charge in [0.1, 0.15) is 5.60 Å². The number of likely N-dealkylation sites (N-methyl/N-ethyl adjacent to an activating group) is 1. The van der Waals surface area contributed by atoms with E-state index in [1.807, 2.05) is 61.5 Å². The van der Waals surface area contributed by atoms with E-state index >= 15 is 0 Å². The average Bonchev–Trinajstić information content (AvgIpc) is 3.30. The number of anilines is 2. The summed E-state index contributed by atoms with van der Waals surface area (Å²) in [5, 5.41) is 12.0. The molecule has 0 atom stereocenters. The molecule has 0 unspecified atom stereocenters. The zero-order valence-electron chi connectivity index (χ0n) is 23.1. The lowest BCUT2D eigenvalue weighted by Gasteiger charge is -2.25. The highest BCUT2D eigenvalue weighted by atomic mass is 32.1. The van der Waals surface area contributed by atoms with Gasteiger partial charge in [0.25, 0.3) is 5.91 Å². The maximum absolute atomic E-state index is 13.0. The molecule has 0 saturated carbocycles. The number of nitrogens with one attached hydrogen (secondary N) is 3. The Labute approximate surface area is 234 Å². The normalized spacial score (nSPS) is 11.1. The van der Waals surface area contributed by atoms with Gasteiger partial charge < -0.3 is 25.2 Å². The van der Waals surface area contributed by atoms with Crippen molar-refractivity contribution < 1.29 is 19.1 Å². The van der Waals surface area contributed by atoms with Gasteiger partial charge in [0.2, 0.25) is 0 Å². The first kappa shape index (κ1) is 29.7. The number of urea groups is 1. The van der Waals surface area contributed by atoms with Gasteiger partial charge in [-0.1, -0.05) is 42.5 Å². The van der Waals surface area contributed by atoms with Crippen molar-refractivity contribution in [3.05, 3.63) is 82.0 Å². The molecule has 0 radical (unpaired) electrons. The number of benzene rings is 2. The second kappa shape index (κ2) is 13.8. The Morgan fingerprint density at radius 3 is 2.10 bits per heavy atom. The predicted octanol–water partition coefficient (Wildman–Crippen LogP) is 5.62. The van der Waals surface area contributed by atoms with Crippen LogP contribution in [-0.2, 0) is 17.8 Å². The number of rotatable bonds is 10. The number of carbonyl (C=O) groups excluding carboxylic acids is 3. The molecule has 0 bridgehead atoms. The third-order valence-corrected chi connectivity index (χ3v) is 6.27. The van der Waals surface area contributed by atoms with E-state index in [1.54, 1.807) is 48.6 Å². The highest BCUT2D eigenvalue weighted by Gasteiger charge is 2.19. The fourth-order valence-corrected chi connectivity index (χ4v) is 4.25. The van der Waals surface area contributed by atoms with E-state index in [2.05, 4.69) is 16.0 Å². The van der Waals surface area contributed by atoms with Crippen molar-refractivity contribution in [1.29, 1.82) is 0 Å². The Morgan fingerprint density at radius 1 is 0.846 bits per heavy atom. The average molecular weight is 552 g/mol. The second-order valence-electron chi connectivity index (χ2n) is 10.3. The van der Waals surface area contributed by atoms with Crippen LogP contribution >= 0.6 is 11.3 Å². The third kappa shape index (κ3) is 10.1. The Balaban J connectivity index is 1.61. The summed E-state index contributed by atoms with van der Waals surface area (Å²) in [4.78, 5) is 41.8. The molecule has 3 N–H and O–H groups in total. The van der Waals surface area contributed by atoms with Crippen LogP contribution in [0.15, 0.2) is 65.4 Å². The molecule has 1 heterocycles. The van der Waals surface area contributed by atoms with Gasteiger partial charge in [-0.3, -0.25) is 10.1 Å². The van der Waals surface area contributed by atoms with Gasteiger partial charge in [-0.05, 0) is 58.1 Å². The number of ether oxygens (including phenoxy) is 1. The first-order chi connectivity index (χ1) is 18.5. The first-order valence-corrected chi connectivity index (χ1v) is 13.6. The van der Waals surface area contributed by atoms with Crippen LogP contribution in [0, 0.1) is 0 Å². The molecule has 0 spiro atoms. The van der Waals surface area contributed by atoms with Crippen LogP contribution in [0.2, 0.25) is 0 Å². The van der Waals surface area contributed by atoms with Crippen molar-refractivity contribution >= 4 is 40.7 Å².